The van der Waals surface area contributed by atoms with Crippen LogP contribution >= 0.6 is 0 Å². The summed E-state index contributed by atoms with van der Waals surface area (Å²) in [6.45, 7) is 3.50. The number of nitrogens with zero attached hydrogens (tertiary/aromatic N) is 2. The number of anilines is 1. The van der Waals surface area contributed by atoms with Gasteiger partial charge in [0.1, 0.15) is 5.82 Å². The van der Waals surface area contributed by atoms with Crippen LogP contribution in [0.3, 0.4) is 0 Å². The predicted octanol–water partition coefficient (Wildman–Crippen LogP) is 0.801. The molecule has 0 saturated carbocycles. The van der Waals surface area contributed by atoms with E-state index < -0.39 is 0 Å². The lowest BCUT2D eigenvalue weighted by molar-refractivity contribution is 0.152. The lowest BCUT2D eigenvalue weighted by atomic mass is 10.2. The van der Waals surface area contributed by atoms with Crippen LogP contribution in [0.2, 0.25) is 0 Å². The van der Waals surface area contributed by atoms with Crippen molar-refractivity contribution in [1.29, 1.82) is 0 Å². The van der Waals surface area contributed by atoms with E-state index in [1.807, 2.05) is 12.1 Å². The van der Waals surface area contributed by atoms with Crippen LogP contribution in [-0.2, 0) is 11.3 Å². The van der Waals surface area contributed by atoms with Gasteiger partial charge in [0.25, 0.3) is 0 Å². The summed E-state index contributed by atoms with van der Waals surface area (Å²) in [5, 5.41) is 9.04. The average Bonchev–Trinajstić information content (AvgIpc) is 2.58. The second kappa shape index (κ2) is 5.09. The zero-order valence-electron chi connectivity index (χ0n) is 8.72. The molecule has 0 bridgehead atoms. The maximum Gasteiger partial charge on any atom is 0.128 e. The number of hydrogen-bond donors (Lipinski definition) is 1. The molecule has 0 atom stereocenters. The SMILES string of the molecule is OCc1ccnc(N2CCCOCC2)c1. The van der Waals surface area contributed by atoms with E-state index in [1.165, 1.54) is 0 Å². The fourth-order valence-corrected chi connectivity index (χ4v) is 1.71. The number of pyridine rings is 1. The Labute approximate surface area is 89.5 Å². The maximum atomic E-state index is 9.04. The molecule has 1 aromatic heterocycles. The highest BCUT2D eigenvalue weighted by atomic mass is 16.5. The molecule has 0 aromatic carbocycles. The number of rotatable bonds is 2. The molecule has 0 amide bonds. The minimum Gasteiger partial charge on any atom is -0.392 e. The molecule has 4 heteroatoms. The first-order valence-corrected chi connectivity index (χ1v) is 5.28. The van der Waals surface area contributed by atoms with E-state index in [0.717, 1.165) is 44.1 Å². The highest BCUT2D eigenvalue weighted by Gasteiger charge is 2.10. The van der Waals surface area contributed by atoms with Gasteiger partial charge < -0.3 is 14.7 Å². The zero-order valence-corrected chi connectivity index (χ0v) is 8.72. The minimum atomic E-state index is 0.0693. The van der Waals surface area contributed by atoms with Crippen LogP contribution in [0.15, 0.2) is 18.3 Å². The molecule has 0 spiro atoms. The van der Waals surface area contributed by atoms with Gasteiger partial charge in [0.05, 0.1) is 13.2 Å². The zero-order chi connectivity index (χ0) is 10.5. The van der Waals surface area contributed by atoms with E-state index in [-0.39, 0.29) is 6.61 Å². The molecule has 2 heterocycles. The van der Waals surface area contributed by atoms with Crippen molar-refractivity contribution in [3.63, 3.8) is 0 Å². The fraction of sp³-hybridized carbons (Fsp3) is 0.545. The summed E-state index contributed by atoms with van der Waals surface area (Å²) in [5.74, 6) is 0.937. The first-order chi connectivity index (χ1) is 7.40. The molecule has 82 valence electrons. The molecule has 15 heavy (non-hydrogen) atoms. The van der Waals surface area contributed by atoms with Gasteiger partial charge in [0.15, 0.2) is 0 Å². The molecule has 0 aliphatic carbocycles. The Hall–Kier alpha value is -1.13. The minimum absolute atomic E-state index is 0.0693. The van der Waals surface area contributed by atoms with Crippen molar-refractivity contribution in [3.8, 4) is 0 Å². The van der Waals surface area contributed by atoms with Crippen LogP contribution in [0.1, 0.15) is 12.0 Å². The quantitative estimate of drug-likeness (QED) is 0.781. The number of aromatic nitrogens is 1. The van der Waals surface area contributed by atoms with Gasteiger partial charge in [-0.05, 0) is 24.1 Å². The third-order valence-electron chi connectivity index (χ3n) is 2.54. The summed E-state index contributed by atoms with van der Waals surface area (Å²) >= 11 is 0. The van der Waals surface area contributed by atoms with Gasteiger partial charge in [-0.3, -0.25) is 0 Å². The van der Waals surface area contributed by atoms with Crippen LogP contribution < -0.4 is 4.90 Å². The van der Waals surface area contributed by atoms with E-state index >= 15 is 0 Å². The maximum absolute atomic E-state index is 9.04. The van der Waals surface area contributed by atoms with Gasteiger partial charge in [0, 0.05) is 25.9 Å². The van der Waals surface area contributed by atoms with Crippen molar-refractivity contribution in [2.24, 2.45) is 0 Å². The normalized spacial score (nSPS) is 17.5. The lowest BCUT2D eigenvalue weighted by Gasteiger charge is -2.20. The van der Waals surface area contributed by atoms with Crippen molar-refractivity contribution in [3.05, 3.63) is 23.9 Å². The van der Waals surface area contributed by atoms with Crippen molar-refractivity contribution < 1.29 is 9.84 Å². The van der Waals surface area contributed by atoms with E-state index in [9.17, 15) is 0 Å². The Morgan fingerprint density at radius 1 is 1.40 bits per heavy atom. The van der Waals surface area contributed by atoms with Crippen molar-refractivity contribution in [1.82, 2.24) is 4.98 Å². The number of ether oxygens (including phenoxy) is 1. The van der Waals surface area contributed by atoms with E-state index in [2.05, 4.69) is 9.88 Å². The van der Waals surface area contributed by atoms with Gasteiger partial charge in [-0.15, -0.1) is 0 Å². The van der Waals surface area contributed by atoms with Crippen molar-refractivity contribution in [2.45, 2.75) is 13.0 Å². The molecular formula is C11H16N2O2. The number of hydrogen-bond acceptors (Lipinski definition) is 4. The molecule has 1 aliphatic heterocycles. The third kappa shape index (κ3) is 2.67. The van der Waals surface area contributed by atoms with Crippen molar-refractivity contribution in [2.75, 3.05) is 31.2 Å². The number of aliphatic hydroxyl groups excluding tert-OH is 1. The largest absolute Gasteiger partial charge is 0.392 e. The summed E-state index contributed by atoms with van der Waals surface area (Å²) < 4.78 is 5.38. The third-order valence-corrected chi connectivity index (χ3v) is 2.54. The summed E-state index contributed by atoms with van der Waals surface area (Å²) in [7, 11) is 0. The second-order valence-electron chi connectivity index (χ2n) is 3.63. The van der Waals surface area contributed by atoms with Gasteiger partial charge in [-0.25, -0.2) is 4.98 Å². The van der Waals surface area contributed by atoms with E-state index in [1.54, 1.807) is 6.20 Å². The number of aliphatic hydroxyl groups is 1. The first kappa shape index (κ1) is 10.4. The molecular weight excluding hydrogens is 192 g/mol. The topological polar surface area (TPSA) is 45.6 Å². The molecule has 1 aromatic rings. The van der Waals surface area contributed by atoms with Crippen molar-refractivity contribution >= 4 is 5.82 Å². The molecule has 1 fully saturated rings. The Morgan fingerprint density at radius 3 is 3.20 bits per heavy atom. The Bertz CT molecular complexity index is 309. The molecule has 0 unspecified atom stereocenters. The monoisotopic (exact) mass is 208 g/mol. The molecule has 1 aliphatic rings. The Morgan fingerprint density at radius 2 is 2.33 bits per heavy atom. The molecule has 1 saturated heterocycles. The van der Waals surface area contributed by atoms with Gasteiger partial charge in [-0.1, -0.05) is 0 Å². The first-order valence-electron chi connectivity index (χ1n) is 5.28. The van der Waals surface area contributed by atoms with Gasteiger partial charge in [0.2, 0.25) is 0 Å². The Kier molecular flexibility index (Phi) is 3.53. The van der Waals surface area contributed by atoms with Crippen LogP contribution in [0, 0.1) is 0 Å². The van der Waals surface area contributed by atoms with Crippen LogP contribution in [0.5, 0.6) is 0 Å². The predicted molar refractivity (Wildman–Crippen MR) is 57.8 cm³/mol. The molecule has 0 radical (unpaired) electrons. The summed E-state index contributed by atoms with van der Waals surface area (Å²) in [5.41, 5.74) is 0.908. The second-order valence-corrected chi connectivity index (χ2v) is 3.63. The Balaban J connectivity index is 2.12. The van der Waals surface area contributed by atoms with E-state index in [4.69, 9.17) is 9.84 Å². The standard InChI is InChI=1S/C11H16N2O2/c14-9-10-2-3-12-11(8-10)13-4-1-6-15-7-5-13/h2-3,8,14H,1,4-7,9H2. The highest BCUT2D eigenvalue weighted by Crippen LogP contribution is 2.14. The van der Waals surface area contributed by atoms with Crippen LogP contribution in [-0.4, -0.2) is 36.4 Å². The van der Waals surface area contributed by atoms with Gasteiger partial charge in [-0.2, -0.15) is 0 Å². The lowest BCUT2D eigenvalue weighted by Crippen LogP contribution is -2.26. The highest BCUT2D eigenvalue weighted by molar-refractivity contribution is 5.40. The summed E-state index contributed by atoms with van der Waals surface area (Å²) in [4.78, 5) is 6.51. The molecule has 4 nitrogen and oxygen atoms in total. The summed E-state index contributed by atoms with van der Waals surface area (Å²) in [6, 6.07) is 3.77. The summed E-state index contributed by atoms with van der Waals surface area (Å²) in [6.07, 6.45) is 2.78. The van der Waals surface area contributed by atoms with Crippen LogP contribution in [0.25, 0.3) is 0 Å². The fourth-order valence-electron chi connectivity index (χ4n) is 1.71. The molecule has 2 rings (SSSR count). The smallest absolute Gasteiger partial charge is 0.128 e. The van der Waals surface area contributed by atoms with E-state index in [0.29, 0.717) is 0 Å². The average molecular weight is 208 g/mol. The van der Waals surface area contributed by atoms with Crippen LogP contribution in [0.4, 0.5) is 5.82 Å². The molecule has 1 N–H and O–H groups in total. The van der Waals surface area contributed by atoms with Gasteiger partial charge >= 0.3 is 0 Å².